The van der Waals surface area contributed by atoms with Crippen LogP contribution >= 0.6 is 0 Å². The summed E-state index contributed by atoms with van der Waals surface area (Å²) in [6.07, 6.45) is 0.0853. The molecule has 24 heavy (non-hydrogen) atoms. The molecule has 2 aromatic rings. The Balaban J connectivity index is 1.84. The number of amides is 2. The van der Waals surface area contributed by atoms with E-state index in [0.717, 1.165) is 17.4 Å². The molecule has 0 heterocycles. The van der Waals surface area contributed by atoms with Crippen molar-refractivity contribution in [2.24, 2.45) is 0 Å². The lowest BCUT2D eigenvalue weighted by Gasteiger charge is -2.10. The zero-order valence-corrected chi connectivity index (χ0v) is 13.5. The van der Waals surface area contributed by atoms with E-state index in [4.69, 9.17) is 4.74 Å². The van der Waals surface area contributed by atoms with Crippen LogP contribution in [0.15, 0.2) is 48.5 Å². The number of nitrogens with one attached hydrogen (secondary N) is 2. The van der Waals surface area contributed by atoms with Crippen LogP contribution in [0.1, 0.15) is 19.4 Å². The Morgan fingerprint density at radius 1 is 1.08 bits per heavy atom. The molecule has 2 rings (SSSR count). The number of rotatable bonds is 5. The van der Waals surface area contributed by atoms with Gasteiger partial charge in [0, 0.05) is 12.2 Å². The average molecular weight is 330 g/mol. The van der Waals surface area contributed by atoms with Crippen LogP contribution in [0.3, 0.4) is 0 Å². The predicted octanol–water partition coefficient (Wildman–Crippen LogP) is 2.87. The number of benzene rings is 2. The molecule has 0 fully saturated rings. The molecule has 0 aliphatic carbocycles. The van der Waals surface area contributed by atoms with Crippen molar-refractivity contribution >= 4 is 17.5 Å². The van der Waals surface area contributed by atoms with Crippen LogP contribution in [-0.2, 0) is 16.1 Å². The standard InChI is InChI=1S/C18H19FN2O3/c1-12(2)24-16-8-6-13(7-9-16)11-20-17(22)18(23)21-15-5-3-4-14(19)10-15/h3-10,12H,11H2,1-2H3,(H,20,22)(H,21,23). The number of carbonyl (C=O) groups is 2. The molecule has 0 radical (unpaired) electrons. The third kappa shape index (κ3) is 5.39. The highest BCUT2D eigenvalue weighted by Gasteiger charge is 2.13. The Kier molecular flexibility index (Phi) is 5.89. The van der Waals surface area contributed by atoms with Gasteiger partial charge in [0.25, 0.3) is 0 Å². The normalized spacial score (nSPS) is 10.3. The minimum absolute atomic E-state index is 0.0853. The second-order valence-corrected chi connectivity index (χ2v) is 5.46. The monoisotopic (exact) mass is 330 g/mol. The van der Waals surface area contributed by atoms with Crippen LogP contribution < -0.4 is 15.4 Å². The SMILES string of the molecule is CC(C)Oc1ccc(CNC(=O)C(=O)Nc2cccc(F)c2)cc1. The van der Waals surface area contributed by atoms with Gasteiger partial charge in [-0.2, -0.15) is 0 Å². The molecule has 0 aromatic heterocycles. The maximum absolute atomic E-state index is 13.0. The largest absolute Gasteiger partial charge is 0.491 e. The van der Waals surface area contributed by atoms with Gasteiger partial charge in [-0.1, -0.05) is 18.2 Å². The molecule has 0 saturated carbocycles. The molecular formula is C18H19FN2O3. The minimum atomic E-state index is -0.847. The fourth-order valence-corrected chi connectivity index (χ4v) is 1.97. The summed E-state index contributed by atoms with van der Waals surface area (Å²) in [5.41, 5.74) is 1.06. The van der Waals surface area contributed by atoms with Crippen molar-refractivity contribution < 1.29 is 18.7 Å². The van der Waals surface area contributed by atoms with Gasteiger partial charge in [0.2, 0.25) is 0 Å². The molecular weight excluding hydrogens is 311 g/mol. The fourth-order valence-electron chi connectivity index (χ4n) is 1.97. The van der Waals surface area contributed by atoms with Crippen LogP contribution in [0.2, 0.25) is 0 Å². The minimum Gasteiger partial charge on any atom is -0.491 e. The van der Waals surface area contributed by atoms with Crippen LogP contribution in [0.4, 0.5) is 10.1 Å². The fraction of sp³-hybridized carbons (Fsp3) is 0.222. The van der Waals surface area contributed by atoms with E-state index in [1.54, 1.807) is 12.1 Å². The number of halogens is 1. The van der Waals surface area contributed by atoms with Gasteiger partial charge >= 0.3 is 11.8 Å². The van der Waals surface area contributed by atoms with Gasteiger partial charge in [-0.3, -0.25) is 9.59 Å². The van der Waals surface area contributed by atoms with E-state index < -0.39 is 17.6 Å². The van der Waals surface area contributed by atoms with Crippen molar-refractivity contribution in [2.75, 3.05) is 5.32 Å². The summed E-state index contributed by atoms with van der Waals surface area (Å²) >= 11 is 0. The average Bonchev–Trinajstić information content (AvgIpc) is 2.53. The molecule has 0 spiro atoms. The Hall–Kier alpha value is -2.89. The molecule has 2 amide bonds. The maximum atomic E-state index is 13.0. The summed E-state index contributed by atoms with van der Waals surface area (Å²) < 4.78 is 18.6. The van der Waals surface area contributed by atoms with Gasteiger partial charge in [-0.15, -0.1) is 0 Å². The first-order chi connectivity index (χ1) is 11.4. The van der Waals surface area contributed by atoms with Gasteiger partial charge in [-0.05, 0) is 49.7 Å². The van der Waals surface area contributed by atoms with Gasteiger partial charge in [0.05, 0.1) is 6.10 Å². The lowest BCUT2D eigenvalue weighted by Crippen LogP contribution is -2.34. The molecule has 2 N–H and O–H groups in total. The Morgan fingerprint density at radius 2 is 1.79 bits per heavy atom. The van der Waals surface area contributed by atoms with Gasteiger partial charge in [-0.25, -0.2) is 4.39 Å². The number of anilines is 1. The molecule has 126 valence electrons. The third-order valence-corrected chi connectivity index (χ3v) is 3.04. The summed E-state index contributed by atoms with van der Waals surface area (Å²) in [6, 6.07) is 12.6. The molecule has 0 aliphatic rings. The third-order valence-electron chi connectivity index (χ3n) is 3.04. The highest BCUT2D eigenvalue weighted by Crippen LogP contribution is 2.13. The Morgan fingerprint density at radius 3 is 2.42 bits per heavy atom. The van der Waals surface area contributed by atoms with E-state index in [2.05, 4.69) is 10.6 Å². The summed E-state index contributed by atoms with van der Waals surface area (Å²) in [5, 5.41) is 4.85. The van der Waals surface area contributed by atoms with Gasteiger partial charge in [0.15, 0.2) is 0 Å². The predicted molar refractivity (Wildman–Crippen MR) is 89.1 cm³/mol. The molecule has 6 heteroatoms. The zero-order chi connectivity index (χ0) is 17.5. The van der Waals surface area contributed by atoms with Crippen LogP contribution in [-0.4, -0.2) is 17.9 Å². The van der Waals surface area contributed by atoms with E-state index in [1.165, 1.54) is 18.2 Å². The van der Waals surface area contributed by atoms with E-state index in [-0.39, 0.29) is 18.3 Å². The molecule has 0 atom stereocenters. The first-order valence-electron chi connectivity index (χ1n) is 7.54. The van der Waals surface area contributed by atoms with Gasteiger partial charge in [0.1, 0.15) is 11.6 Å². The highest BCUT2D eigenvalue weighted by molar-refractivity contribution is 6.39. The zero-order valence-electron chi connectivity index (χ0n) is 13.5. The van der Waals surface area contributed by atoms with Crippen LogP contribution in [0.5, 0.6) is 5.75 Å². The van der Waals surface area contributed by atoms with E-state index in [0.29, 0.717) is 0 Å². The number of ether oxygens (including phenoxy) is 1. The summed E-state index contributed by atoms with van der Waals surface area (Å²) in [6.45, 7) is 4.08. The van der Waals surface area contributed by atoms with E-state index in [1.807, 2.05) is 26.0 Å². The lowest BCUT2D eigenvalue weighted by atomic mass is 10.2. The number of carbonyl (C=O) groups excluding carboxylic acids is 2. The van der Waals surface area contributed by atoms with Crippen LogP contribution in [0.25, 0.3) is 0 Å². The number of hydrogen-bond donors (Lipinski definition) is 2. The van der Waals surface area contributed by atoms with Crippen LogP contribution in [0, 0.1) is 5.82 Å². The number of hydrogen-bond acceptors (Lipinski definition) is 3. The first kappa shape index (κ1) is 17.5. The first-order valence-corrected chi connectivity index (χ1v) is 7.54. The topological polar surface area (TPSA) is 67.4 Å². The smallest absolute Gasteiger partial charge is 0.313 e. The second kappa shape index (κ2) is 8.10. The molecule has 0 saturated heterocycles. The quantitative estimate of drug-likeness (QED) is 0.829. The molecule has 0 bridgehead atoms. The van der Waals surface area contributed by atoms with Crippen molar-refractivity contribution in [1.82, 2.24) is 5.32 Å². The Labute approximate surface area is 139 Å². The summed E-state index contributed by atoms with van der Waals surface area (Å²) in [4.78, 5) is 23.5. The van der Waals surface area contributed by atoms with Crippen molar-refractivity contribution in [2.45, 2.75) is 26.5 Å². The highest BCUT2D eigenvalue weighted by atomic mass is 19.1. The molecule has 5 nitrogen and oxygen atoms in total. The summed E-state index contributed by atoms with van der Waals surface area (Å²) in [5.74, 6) is -1.39. The molecule has 2 aromatic carbocycles. The second-order valence-electron chi connectivity index (χ2n) is 5.46. The van der Waals surface area contributed by atoms with E-state index >= 15 is 0 Å². The van der Waals surface area contributed by atoms with Crippen molar-refractivity contribution in [3.05, 3.63) is 59.9 Å². The maximum Gasteiger partial charge on any atom is 0.313 e. The molecule has 0 unspecified atom stereocenters. The van der Waals surface area contributed by atoms with Crippen molar-refractivity contribution in [3.8, 4) is 5.75 Å². The molecule has 0 aliphatic heterocycles. The van der Waals surface area contributed by atoms with Crippen molar-refractivity contribution in [3.63, 3.8) is 0 Å². The van der Waals surface area contributed by atoms with Gasteiger partial charge < -0.3 is 15.4 Å². The Bertz CT molecular complexity index is 714. The summed E-state index contributed by atoms with van der Waals surface area (Å²) in [7, 11) is 0. The van der Waals surface area contributed by atoms with Crippen molar-refractivity contribution in [1.29, 1.82) is 0 Å². The lowest BCUT2D eigenvalue weighted by molar-refractivity contribution is -0.136. The van der Waals surface area contributed by atoms with E-state index in [9.17, 15) is 14.0 Å².